The summed E-state index contributed by atoms with van der Waals surface area (Å²) in [6.07, 6.45) is 118. The Morgan fingerprint density at radius 1 is 0.255 bits per heavy atom. The highest BCUT2D eigenvalue weighted by molar-refractivity contribution is 5.70. The van der Waals surface area contributed by atoms with Crippen LogP contribution >= 0.6 is 0 Å². The van der Waals surface area contributed by atoms with Gasteiger partial charge >= 0.3 is 11.9 Å². The summed E-state index contributed by atoms with van der Waals surface area (Å²) in [5.74, 6) is -0.561. The van der Waals surface area contributed by atoms with Gasteiger partial charge in [-0.2, -0.15) is 0 Å². The van der Waals surface area contributed by atoms with Crippen LogP contribution in [0.1, 0.15) is 476 Å². The zero-order valence-corrected chi connectivity index (χ0v) is 63.8. The highest BCUT2D eigenvalue weighted by atomic mass is 16.6. The third kappa shape index (κ3) is 82.0. The number of carbonyl (C=O) groups excluding carboxylic acids is 2. The molecule has 552 valence electrons. The van der Waals surface area contributed by atoms with E-state index in [1.54, 1.807) is 0 Å². The van der Waals surface area contributed by atoms with Crippen LogP contribution in [0, 0.1) is 0 Å². The van der Waals surface area contributed by atoms with E-state index < -0.39 is 6.10 Å². The number of unbranched alkanes of at least 4 members (excludes halogenated alkanes) is 63. The maximum atomic E-state index is 12.4. The first-order valence-corrected chi connectivity index (χ1v) is 42.8. The number of carbonyl (C=O) groups is 2. The summed E-state index contributed by atoms with van der Waals surface area (Å²) in [4.78, 5) is 24.8. The van der Waals surface area contributed by atoms with E-state index in [-0.39, 0.29) is 25.2 Å². The third-order valence-corrected chi connectivity index (χ3v) is 19.8. The number of allylic oxidation sites excluding steroid dienone is 10. The Hall–Kier alpha value is -2.40. The van der Waals surface area contributed by atoms with E-state index in [4.69, 9.17) is 9.47 Å². The van der Waals surface area contributed by atoms with Crippen LogP contribution in [0.3, 0.4) is 0 Å². The van der Waals surface area contributed by atoms with Crippen LogP contribution in [0.15, 0.2) is 60.8 Å². The lowest BCUT2D eigenvalue weighted by Crippen LogP contribution is -2.28. The van der Waals surface area contributed by atoms with Gasteiger partial charge in [0, 0.05) is 12.8 Å². The summed E-state index contributed by atoms with van der Waals surface area (Å²) < 4.78 is 10.8. The molecule has 5 nitrogen and oxygen atoms in total. The number of ether oxygens (including phenoxy) is 2. The number of aliphatic hydroxyl groups excluding tert-OH is 1. The highest BCUT2D eigenvalue weighted by Crippen LogP contribution is 2.21. The molecular formula is C89H166O5. The second kappa shape index (κ2) is 84.8. The second-order valence-electron chi connectivity index (χ2n) is 29.2. The van der Waals surface area contributed by atoms with Crippen molar-refractivity contribution in [1.82, 2.24) is 0 Å². The molecule has 0 aliphatic heterocycles. The smallest absolute Gasteiger partial charge is 0.306 e. The van der Waals surface area contributed by atoms with Crippen LogP contribution in [0.5, 0.6) is 0 Å². The predicted octanol–water partition coefficient (Wildman–Crippen LogP) is 30.3. The standard InChI is InChI=1S/C89H166O5/c1-3-5-7-9-11-13-15-17-19-21-23-25-27-29-31-33-35-37-39-41-43-44-46-47-49-51-53-55-57-59-61-63-65-67-69-71-73-75-77-79-81-83-88(91)93-86-87(85-90)94-89(92)84-82-80-78-76-74-72-70-68-66-64-62-60-58-56-54-52-50-48-45-42-40-38-36-34-32-30-28-26-24-22-20-18-16-14-12-10-8-6-4-2/h6,8,12,14,18,20-21,23-24,26,87,90H,3-5,7,9-11,13,15-17,19,22,25,27-86H2,1-2H3/b8-6-,14-12-,20-18-,23-21-,26-24-. The number of hydrogen-bond acceptors (Lipinski definition) is 5. The summed E-state index contributed by atoms with van der Waals surface area (Å²) in [5.41, 5.74) is 0. The van der Waals surface area contributed by atoms with E-state index in [1.165, 1.54) is 392 Å². The maximum Gasteiger partial charge on any atom is 0.306 e. The zero-order valence-electron chi connectivity index (χ0n) is 63.8. The fourth-order valence-corrected chi connectivity index (χ4v) is 13.4. The van der Waals surface area contributed by atoms with Gasteiger partial charge in [-0.05, 0) is 77.0 Å². The third-order valence-electron chi connectivity index (χ3n) is 19.8. The van der Waals surface area contributed by atoms with Gasteiger partial charge in [-0.25, -0.2) is 0 Å². The lowest BCUT2D eigenvalue weighted by Gasteiger charge is -2.15. The van der Waals surface area contributed by atoms with E-state index in [0.717, 1.165) is 57.8 Å². The summed E-state index contributed by atoms with van der Waals surface area (Å²) in [5, 5.41) is 9.74. The first kappa shape index (κ1) is 91.6. The van der Waals surface area contributed by atoms with Crippen molar-refractivity contribution in [3.8, 4) is 0 Å². The van der Waals surface area contributed by atoms with Gasteiger partial charge < -0.3 is 14.6 Å². The van der Waals surface area contributed by atoms with E-state index in [1.807, 2.05) is 0 Å². The molecule has 0 rings (SSSR count). The molecule has 0 amide bonds. The average molecular weight is 1320 g/mol. The lowest BCUT2D eigenvalue weighted by atomic mass is 10.0. The molecule has 5 heteroatoms. The van der Waals surface area contributed by atoms with E-state index in [2.05, 4.69) is 74.6 Å². The molecule has 1 N–H and O–H groups in total. The van der Waals surface area contributed by atoms with Crippen molar-refractivity contribution in [3.63, 3.8) is 0 Å². The van der Waals surface area contributed by atoms with E-state index >= 15 is 0 Å². The Labute approximate surface area is 589 Å². The molecule has 0 saturated heterocycles. The average Bonchev–Trinajstić information content (AvgIpc) is 3.65. The van der Waals surface area contributed by atoms with Gasteiger partial charge in [0.2, 0.25) is 0 Å². The van der Waals surface area contributed by atoms with Crippen LogP contribution in [-0.4, -0.2) is 36.4 Å². The molecule has 1 unspecified atom stereocenters. The minimum atomic E-state index is -0.771. The van der Waals surface area contributed by atoms with Crippen molar-refractivity contribution < 1.29 is 24.2 Å². The highest BCUT2D eigenvalue weighted by Gasteiger charge is 2.16. The quantitative estimate of drug-likeness (QED) is 0.0373. The maximum absolute atomic E-state index is 12.4. The Morgan fingerprint density at radius 2 is 0.457 bits per heavy atom. The first-order valence-electron chi connectivity index (χ1n) is 42.8. The summed E-state index contributed by atoms with van der Waals surface area (Å²) in [6, 6.07) is 0. The summed E-state index contributed by atoms with van der Waals surface area (Å²) in [6.45, 7) is 4.10. The number of esters is 2. The molecular weight excluding hydrogens is 1150 g/mol. The van der Waals surface area contributed by atoms with Gasteiger partial charge in [0.1, 0.15) is 6.61 Å². The molecule has 0 aromatic rings. The zero-order chi connectivity index (χ0) is 67.5. The van der Waals surface area contributed by atoms with Crippen LogP contribution in [0.2, 0.25) is 0 Å². The number of aliphatic hydroxyl groups is 1. The van der Waals surface area contributed by atoms with Crippen molar-refractivity contribution in [2.45, 2.75) is 482 Å². The van der Waals surface area contributed by atoms with Crippen molar-refractivity contribution in [2.75, 3.05) is 13.2 Å². The van der Waals surface area contributed by atoms with Gasteiger partial charge in [-0.3, -0.25) is 9.59 Å². The molecule has 0 heterocycles. The molecule has 1 atom stereocenters. The van der Waals surface area contributed by atoms with Gasteiger partial charge in [0.05, 0.1) is 6.61 Å². The summed E-state index contributed by atoms with van der Waals surface area (Å²) in [7, 11) is 0. The monoisotopic (exact) mass is 1320 g/mol. The van der Waals surface area contributed by atoms with Crippen molar-refractivity contribution >= 4 is 11.9 Å². The largest absolute Gasteiger partial charge is 0.462 e. The first-order chi connectivity index (χ1) is 46.6. The van der Waals surface area contributed by atoms with Crippen LogP contribution in [0.25, 0.3) is 0 Å². The van der Waals surface area contributed by atoms with E-state index in [9.17, 15) is 14.7 Å². The van der Waals surface area contributed by atoms with Crippen molar-refractivity contribution in [3.05, 3.63) is 60.8 Å². The fraction of sp³-hybridized carbons (Fsp3) is 0.865. The molecule has 0 spiro atoms. The Kier molecular flexibility index (Phi) is 82.7. The minimum Gasteiger partial charge on any atom is -0.462 e. The van der Waals surface area contributed by atoms with Crippen LogP contribution in [0.4, 0.5) is 0 Å². The topological polar surface area (TPSA) is 72.8 Å². The molecule has 0 aliphatic rings. The minimum absolute atomic E-state index is 0.0586. The number of rotatable bonds is 81. The van der Waals surface area contributed by atoms with Crippen molar-refractivity contribution in [1.29, 1.82) is 0 Å². The second-order valence-corrected chi connectivity index (χ2v) is 29.2. The molecule has 0 aromatic heterocycles. The normalized spacial score (nSPS) is 12.4. The molecule has 0 bridgehead atoms. The van der Waals surface area contributed by atoms with Gasteiger partial charge in [0.15, 0.2) is 6.10 Å². The van der Waals surface area contributed by atoms with E-state index in [0.29, 0.717) is 12.8 Å². The molecule has 0 saturated carbocycles. The van der Waals surface area contributed by atoms with Gasteiger partial charge in [-0.1, -0.05) is 447 Å². The Bertz CT molecular complexity index is 1590. The lowest BCUT2D eigenvalue weighted by molar-refractivity contribution is -0.161. The van der Waals surface area contributed by atoms with Crippen LogP contribution < -0.4 is 0 Å². The Morgan fingerprint density at radius 3 is 0.702 bits per heavy atom. The summed E-state index contributed by atoms with van der Waals surface area (Å²) >= 11 is 0. The van der Waals surface area contributed by atoms with Gasteiger partial charge in [0.25, 0.3) is 0 Å². The molecule has 0 aromatic carbocycles. The molecule has 94 heavy (non-hydrogen) atoms. The SMILES string of the molecule is CC/C=C\C/C=C\C/C=C\C/C=C\CCCCCCCCCCCCCCCCCCCCCCCCCCCCC(=O)OC(CO)COC(=O)CCCCCCCCCCCCCCCCCCCCCCCCCCCCCCC/C=C\CCCCCCCCCC. The van der Waals surface area contributed by atoms with Gasteiger partial charge in [-0.15, -0.1) is 0 Å². The molecule has 0 aliphatic carbocycles. The molecule has 0 fully saturated rings. The predicted molar refractivity (Wildman–Crippen MR) is 417 cm³/mol. The molecule has 0 radical (unpaired) electrons. The number of hydrogen-bond donors (Lipinski definition) is 1. The fourth-order valence-electron chi connectivity index (χ4n) is 13.4. The van der Waals surface area contributed by atoms with Crippen LogP contribution in [-0.2, 0) is 19.1 Å². The Balaban J connectivity index is 3.34. The van der Waals surface area contributed by atoms with Crippen molar-refractivity contribution in [2.24, 2.45) is 0 Å².